The summed E-state index contributed by atoms with van der Waals surface area (Å²) in [4.78, 5) is 37.7. The van der Waals surface area contributed by atoms with E-state index in [0.717, 1.165) is 5.56 Å². The molecule has 0 unspecified atom stereocenters. The molecule has 1 aliphatic rings. The normalized spacial score (nSPS) is 15.6. The summed E-state index contributed by atoms with van der Waals surface area (Å²) in [5, 5.41) is 0.150. The number of rotatable bonds is 5. The second kappa shape index (κ2) is 10.6. The lowest BCUT2D eigenvalue weighted by Gasteiger charge is -2.35. The zero-order valence-electron chi connectivity index (χ0n) is 21.7. The number of halogens is 4. The highest BCUT2D eigenvalue weighted by atomic mass is 35.5. The predicted octanol–water partition coefficient (Wildman–Crippen LogP) is 6.67. The molecule has 0 saturated heterocycles. The van der Waals surface area contributed by atoms with Gasteiger partial charge in [0.05, 0.1) is 5.02 Å². The molecule has 1 fully saturated rings. The second-order valence-corrected chi connectivity index (χ2v) is 11.1. The van der Waals surface area contributed by atoms with Gasteiger partial charge in [0.15, 0.2) is 17.1 Å². The van der Waals surface area contributed by atoms with E-state index >= 15 is 0 Å². The minimum atomic E-state index is -4.80. The molecule has 39 heavy (non-hydrogen) atoms. The summed E-state index contributed by atoms with van der Waals surface area (Å²) in [6, 6.07) is 10.9. The van der Waals surface area contributed by atoms with Gasteiger partial charge in [0, 0.05) is 16.7 Å². The van der Waals surface area contributed by atoms with Gasteiger partial charge in [-0.3, -0.25) is 9.59 Å². The average Bonchev–Trinajstić information content (AvgIpc) is 2.88. The second-order valence-electron chi connectivity index (χ2n) is 10.7. The molecular weight excluding hydrogens is 533 g/mol. The van der Waals surface area contributed by atoms with Crippen molar-refractivity contribution in [1.82, 2.24) is 15.0 Å². The van der Waals surface area contributed by atoms with Crippen LogP contribution in [-0.2, 0) is 10.2 Å². The van der Waals surface area contributed by atoms with Crippen molar-refractivity contribution in [3.05, 3.63) is 58.6 Å². The fraction of sp³-hybridized carbons (Fsp3) is 0.393. The molecule has 3 aromatic rings. The van der Waals surface area contributed by atoms with Crippen LogP contribution in [0.4, 0.5) is 13.2 Å². The van der Waals surface area contributed by atoms with Gasteiger partial charge >= 0.3 is 18.2 Å². The smallest absolute Gasteiger partial charge is 0.390 e. The van der Waals surface area contributed by atoms with Crippen LogP contribution in [0.5, 0.6) is 6.01 Å². The Bertz CT molecular complexity index is 1410. The van der Waals surface area contributed by atoms with E-state index in [1.165, 1.54) is 18.2 Å². The van der Waals surface area contributed by atoms with Gasteiger partial charge in [0.2, 0.25) is 5.91 Å². The molecule has 1 aliphatic carbocycles. The highest BCUT2D eigenvalue weighted by Gasteiger charge is 2.61. The highest BCUT2D eigenvalue weighted by molar-refractivity contribution is 6.33. The zero-order chi connectivity index (χ0) is 28.6. The molecule has 4 rings (SSSR count). The Kier molecular flexibility index (Phi) is 7.71. The van der Waals surface area contributed by atoms with Crippen LogP contribution in [0.3, 0.4) is 0 Å². The lowest BCUT2D eigenvalue weighted by atomic mass is 9.73. The molecule has 0 radical (unpaired) electrons. The fourth-order valence-corrected chi connectivity index (χ4v) is 4.77. The summed E-state index contributed by atoms with van der Waals surface area (Å²) in [5.74, 6) is -2.23. The average molecular weight is 561 g/mol. The molecule has 1 amide bonds. The first-order chi connectivity index (χ1) is 18.2. The maximum atomic E-state index is 14.2. The Hall–Kier alpha value is -3.53. The van der Waals surface area contributed by atoms with Crippen molar-refractivity contribution in [1.29, 1.82) is 0 Å². The minimum Gasteiger partial charge on any atom is -0.390 e. The van der Waals surface area contributed by atoms with Crippen molar-refractivity contribution in [2.24, 2.45) is 11.1 Å². The van der Waals surface area contributed by atoms with Crippen LogP contribution in [0.2, 0.25) is 5.02 Å². The topological polar surface area (TPSA) is 108 Å². The number of nitrogens with two attached hydrogens (primary N) is 1. The Morgan fingerprint density at radius 2 is 1.62 bits per heavy atom. The number of carbonyl (C=O) groups is 2. The van der Waals surface area contributed by atoms with Crippen molar-refractivity contribution in [3.63, 3.8) is 0 Å². The van der Waals surface area contributed by atoms with Crippen LogP contribution >= 0.6 is 11.6 Å². The third-order valence-electron chi connectivity index (χ3n) is 6.92. The van der Waals surface area contributed by atoms with Gasteiger partial charge in [0.25, 0.3) is 0 Å². The van der Waals surface area contributed by atoms with Gasteiger partial charge in [-0.2, -0.15) is 23.1 Å². The molecule has 2 aromatic carbocycles. The molecular formula is C28H28ClF3N4O3. The molecule has 0 spiro atoms. The summed E-state index contributed by atoms with van der Waals surface area (Å²) in [6.07, 6.45) is -4.46. The molecule has 0 bridgehead atoms. The number of benzene rings is 2. The van der Waals surface area contributed by atoms with Gasteiger partial charge in [0.1, 0.15) is 0 Å². The van der Waals surface area contributed by atoms with Gasteiger partial charge in [-0.1, -0.05) is 69.8 Å². The molecule has 11 heteroatoms. The number of ether oxygens (including phenoxy) is 1. The monoisotopic (exact) mass is 560 g/mol. The standard InChI is InChI=1S/C28H28ClF3N4O3/c1-26(2,3)18-9-7-8-17(14-18)22-34-23(19-15-16(21(33)37)10-11-20(19)29)36-25(35-22)39-24(38)27(28(30,31)32)12-5-4-6-13-27/h7-11,14-15H,4-6,12-13H2,1-3H3,(H2,33,37). The largest absolute Gasteiger partial charge is 0.404 e. The van der Waals surface area contributed by atoms with Crippen LogP contribution in [0, 0.1) is 5.41 Å². The number of esters is 1. The van der Waals surface area contributed by atoms with Gasteiger partial charge in [-0.05, 0) is 48.1 Å². The van der Waals surface area contributed by atoms with Crippen LogP contribution < -0.4 is 10.5 Å². The third kappa shape index (κ3) is 5.90. The number of hydrogen-bond donors (Lipinski definition) is 1. The number of aromatic nitrogens is 3. The van der Waals surface area contributed by atoms with E-state index in [9.17, 15) is 22.8 Å². The summed E-state index contributed by atoms with van der Waals surface area (Å²) in [7, 11) is 0. The van der Waals surface area contributed by atoms with Crippen molar-refractivity contribution in [3.8, 4) is 28.8 Å². The highest BCUT2D eigenvalue weighted by Crippen LogP contribution is 2.49. The number of alkyl halides is 3. The van der Waals surface area contributed by atoms with Crippen molar-refractivity contribution in [2.75, 3.05) is 0 Å². The van der Waals surface area contributed by atoms with Gasteiger partial charge in [-0.25, -0.2) is 4.98 Å². The first-order valence-electron chi connectivity index (χ1n) is 12.5. The lowest BCUT2D eigenvalue weighted by Crippen LogP contribution is -2.48. The molecule has 7 nitrogen and oxygen atoms in total. The van der Waals surface area contributed by atoms with Crippen molar-refractivity contribution >= 4 is 23.5 Å². The van der Waals surface area contributed by atoms with Crippen molar-refractivity contribution < 1.29 is 27.5 Å². The van der Waals surface area contributed by atoms with Crippen LogP contribution in [0.1, 0.15) is 68.8 Å². The van der Waals surface area contributed by atoms with E-state index in [-0.39, 0.29) is 58.9 Å². The van der Waals surface area contributed by atoms with Crippen molar-refractivity contribution in [2.45, 2.75) is 64.5 Å². The van der Waals surface area contributed by atoms with E-state index in [4.69, 9.17) is 22.1 Å². The Labute approximate surface area is 229 Å². The number of primary amides is 1. The summed E-state index contributed by atoms with van der Waals surface area (Å²) < 4.78 is 47.7. The third-order valence-corrected chi connectivity index (χ3v) is 7.25. The van der Waals surface area contributed by atoms with E-state index in [0.29, 0.717) is 12.0 Å². The quantitative estimate of drug-likeness (QED) is 0.349. The Morgan fingerprint density at radius 3 is 2.23 bits per heavy atom. The molecule has 1 aromatic heterocycles. The molecule has 1 saturated carbocycles. The predicted molar refractivity (Wildman–Crippen MR) is 140 cm³/mol. The van der Waals surface area contributed by atoms with Crippen LogP contribution in [-0.4, -0.2) is 33.0 Å². The van der Waals surface area contributed by atoms with Crippen LogP contribution in [0.25, 0.3) is 22.8 Å². The maximum Gasteiger partial charge on any atom is 0.404 e. The lowest BCUT2D eigenvalue weighted by molar-refractivity contribution is -0.237. The van der Waals surface area contributed by atoms with E-state index in [1.807, 2.05) is 32.9 Å². The molecule has 1 heterocycles. The summed E-state index contributed by atoms with van der Waals surface area (Å²) in [5.41, 5.74) is 4.30. The number of carbonyl (C=O) groups excluding carboxylic acids is 2. The molecule has 206 valence electrons. The van der Waals surface area contributed by atoms with E-state index in [2.05, 4.69) is 15.0 Å². The fourth-order valence-electron chi connectivity index (χ4n) is 4.57. The Balaban J connectivity index is 1.86. The first-order valence-corrected chi connectivity index (χ1v) is 12.8. The minimum absolute atomic E-state index is 0.0548. The summed E-state index contributed by atoms with van der Waals surface area (Å²) >= 11 is 6.37. The van der Waals surface area contributed by atoms with E-state index < -0.39 is 29.5 Å². The zero-order valence-corrected chi connectivity index (χ0v) is 22.5. The number of hydrogen-bond acceptors (Lipinski definition) is 6. The van der Waals surface area contributed by atoms with Gasteiger partial charge < -0.3 is 10.5 Å². The molecule has 0 aliphatic heterocycles. The van der Waals surface area contributed by atoms with Gasteiger partial charge in [-0.15, -0.1) is 0 Å². The molecule has 2 N–H and O–H groups in total. The maximum absolute atomic E-state index is 14.2. The number of amides is 1. The first kappa shape index (κ1) is 28.5. The molecule has 0 atom stereocenters. The van der Waals surface area contributed by atoms with Crippen LogP contribution in [0.15, 0.2) is 42.5 Å². The Morgan fingerprint density at radius 1 is 0.949 bits per heavy atom. The summed E-state index contributed by atoms with van der Waals surface area (Å²) in [6.45, 7) is 6.07. The SMILES string of the molecule is CC(C)(C)c1cccc(-c2nc(OC(=O)C3(C(F)(F)F)CCCCC3)nc(-c3cc(C(N)=O)ccc3Cl)n2)c1. The van der Waals surface area contributed by atoms with E-state index in [1.54, 1.807) is 12.1 Å². The number of nitrogens with zero attached hydrogens (tertiary/aromatic N) is 3.